The van der Waals surface area contributed by atoms with Gasteiger partial charge >= 0.3 is 0 Å². The van der Waals surface area contributed by atoms with Gasteiger partial charge in [-0.1, -0.05) is 44.6 Å². The fourth-order valence-electron chi connectivity index (χ4n) is 0. The summed E-state index contributed by atoms with van der Waals surface area (Å²) < 4.78 is 0. The fraction of sp³-hybridized carbons (Fsp3) is 0.667. The average molecular weight is 337 g/mol. The molecule has 0 N–H and O–H groups in total. The minimum absolute atomic E-state index is 1.43. The van der Waals surface area contributed by atoms with Crippen molar-refractivity contribution in [3.05, 3.63) is 44.6 Å². The molecule has 0 bridgehead atoms. The highest BCUT2D eigenvalue weighted by molar-refractivity contribution is 5.03. The molecule has 0 saturated carbocycles. The molecule has 24 heavy (non-hydrogen) atoms. The third-order valence-electron chi connectivity index (χ3n) is 4.00. The molecule has 0 atom stereocenters. The van der Waals surface area contributed by atoms with Gasteiger partial charge in [0.1, 0.15) is 0 Å². The normalized spacial score (nSPS) is 8.00. The van der Waals surface area contributed by atoms with Crippen LogP contribution in [0.25, 0.3) is 0 Å². The van der Waals surface area contributed by atoms with Crippen molar-refractivity contribution in [2.45, 2.75) is 111 Å². The largest absolute Gasteiger partial charge is 0.0778 e. The Hall–Kier alpha value is -1.04. The average Bonchev–Trinajstić information content (AvgIpc) is 2.40. The Morgan fingerprint density at radius 2 is 0.208 bits per heavy atom. The summed E-state index contributed by atoms with van der Waals surface area (Å²) in [6.45, 7) is 33.9. The topological polar surface area (TPSA) is 0 Å². The molecule has 0 fully saturated rings. The molecule has 0 saturated heterocycles. The second-order valence-corrected chi connectivity index (χ2v) is 8.00. The molecule has 0 radical (unpaired) electrons. The van der Waals surface area contributed by atoms with Gasteiger partial charge in [-0.15, -0.1) is 0 Å². The first-order valence-corrected chi connectivity index (χ1v) is 9.00. The van der Waals surface area contributed by atoms with Crippen molar-refractivity contribution < 1.29 is 0 Å². The van der Waals surface area contributed by atoms with Gasteiger partial charge in [0.15, 0.2) is 0 Å². The Labute approximate surface area is 155 Å². The Bertz CT molecular complexity index is 288. The Morgan fingerprint density at radius 3 is 0.208 bits per heavy atom. The van der Waals surface area contributed by atoms with Crippen LogP contribution < -0.4 is 0 Å². The third-order valence-corrected chi connectivity index (χ3v) is 4.00. The Kier molecular flexibility index (Phi) is 23.5. The molecular weight excluding hydrogens is 288 g/mol. The van der Waals surface area contributed by atoms with Crippen LogP contribution in [0.15, 0.2) is 44.6 Å². The van der Waals surface area contributed by atoms with Crippen LogP contribution in [-0.2, 0) is 0 Å². The first-order chi connectivity index (χ1) is 10.6. The summed E-state index contributed by atoms with van der Waals surface area (Å²) in [6.07, 6.45) is 0. The molecule has 0 heterocycles. The number of rotatable bonds is 0. The zero-order chi connectivity index (χ0) is 20.6. The summed E-state index contributed by atoms with van der Waals surface area (Å²) >= 11 is 0. The minimum Gasteiger partial charge on any atom is -0.0778 e. The lowest BCUT2D eigenvalue weighted by atomic mass is 10.2. The van der Waals surface area contributed by atoms with Gasteiger partial charge in [0.25, 0.3) is 0 Å². The van der Waals surface area contributed by atoms with E-state index in [1.165, 1.54) is 44.6 Å². The van der Waals surface area contributed by atoms with Crippen molar-refractivity contribution in [1.29, 1.82) is 0 Å². The van der Waals surface area contributed by atoms with E-state index >= 15 is 0 Å². The van der Waals surface area contributed by atoms with E-state index in [4.69, 9.17) is 0 Å². The zero-order valence-corrected chi connectivity index (χ0v) is 20.0. The lowest BCUT2D eigenvalue weighted by Gasteiger charge is -1.88. The molecule has 0 aliphatic carbocycles. The Morgan fingerprint density at radius 1 is 0.167 bits per heavy atom. The SMILES string of the molecule is CC(C)=C(C)C.CC(C)=C(C)C.CC(C)=C(C)C.CC(C)=C(C)C. The van der Waals surface area contributed by atoms with Gasteiger partial charge in [0, 0.05) is 0 Å². The zero-order valence-electron chi connectivity index (χ0n) is 20.0. The van der Waals surface area contributed by atoms with E-state index in [1.807, 2.05) is 0 Å². The van der Waals surface area contributed by atoms with E-state index in [0.717, 1.165) is 0 Å². The molecule has 0 aliphatic heterocycles. The van der Waals surface area contributed by atoms with Crippen LogP contribution >= 0.6 is 0 Å². The number of hydrogen-bond acceptors (Lipinski definition) is 0. The van der Waals surface area contributed by atoms with Crippen LogP contribution in [0.2, 0.25) is 0 Å². The highest BCUT2D eigenvalue weighted by Gasteiger charge is 1.77. The third kappa shape index (κ3) is 37.3. The van der Waals surface area contributed by atoms with Gasteiger partial charge in [0.05, 0.1) is 0 Å². The molecule has 0 nitrogen and oxygen atoms in total. The minimum atomic E-state index is 1.43. The summed E-state index contributed by atoms with van der Waals surface area (Å²) in [5, 5.41) is 0. The molecule has 0 aromatic carbocycles. The molecule has 0 amide bonds. The number of allylic oxidation sites excluding steroid dienone is 8. The molecule has 0 spiro atoms. The summed E-state index contributed by atoms with van der Waals surface area (Å²) in [6, 6.07) is 0. The van der Waals surface area contributed by atoms with E-state index in [1.54, 1.807) is 0 Å². The molecule has 144 valence electrons. The molecule has 0 aromatic heterocycles. The smallest absolute Gasteiger partial charge is 0.0440 e. The second kappa shape index (κ2) is 18.3. The highest BCUT2D eigenvalue weighted by atomic mass is 13.8. The van der Waals surface area contributed by atoms with Gasteiger partial charge in [-0.05, 0) is 111 Å². The maximum Gasteiger partial charge on any atom is -0.0440 e. The predicted octanol–water partition coefficient (Wildman–Crippen LogP) is 9.45. The first kappa shape index (κ1) is 30.8. The Balaban J connectivity index is -0.000000111. The summed E-state index contributed by atoms with van der Waals surface area (Å²) in [5.41, 5.74) is 11.4. The molecule has 0 heteroatoms. The molecular formula is C24H48. The van der Waals surface area contributed by atoms with Crippen molar-refractivity contribution in [1.82, 2.24) is 0 Å². The fourth-order valence-corrected chi connectivity index (χ4v) is 0. The maximum atomic E-state index is 2.12. The van der Waals surface area contributed by atoms with Crippen molar-refractivity contribution in [3.63, 3.8) is 0 Å². The first-order valence-electron chi connectivity index (χ1n) is 9.00. The van der Waals surface area contributed by atoms with Gasteiger partial charge < -0.3 is 0 Å². The van der Waals surface area contributed by atoms with Crippen LogP contribution in [0.4, 0.5) is 0 Å². The van der Waals surface area contributed by atoms with Crippen LogP contribution in [0.3, 0.4) is 0 Å². The molecule has 0 aliphatic rings. The monoisotopic (exact) mass is 336 g/mol. The molecule has 0 unspecified atom stereocenters. The van der Waals surface area contributed by atoms with E-state index in [2.05, 4.69) is 111 Å². The van der Waals surface area contributed by atoms with Gasteiger partial charge in [0.2, 0.25) is 0 Å². The molecule has 0 aromatic rings. The highest BCUT2D eigenvalue weighted by Crippen LogP contribution is 1.98. The van der Waals surface area contributed by atoms with E-state index in [9.17, 15) is 0 Å². The van der Waals surface area contributed by atoms with Crippen molar-refractivity contribution in [3.8, 4) is 0 Å². The van der Waals surface area contributed by atoms with Crippen LogP contribution in [0.5, 0.6) is 0 Å². The van der Waals surface area contributed by atoms with Crippen molar-refractivity contribution in [2.24, 2.45) is 0 Å². The van der Waals surface area contributed by atoms with Crippen molar-refractivity contribution >= 4 is 0 Å². The van der Waals surface area contributed by atoms with Gasteiger partial charge in [-0.3, -0.25) is 0 Å². The van der Waals surface area contributed by atoms with E-state index < -0.39 is 0 Å². The second-order valence-electron chi connectivity index (χ2n) is 8.00. The molecule has 0 rings (SSSR count). The summed E-state index contributed by atoms with van der Waals surface area (Å²) in [7, 11) is 0. The van der Waals surface area contributed by atoms with Crippen LogP contribution in [0, 0.1) is 0 Å². The predicted molar refractivity (Wildman–Crippen MR) is 119 cm³/mol. The van der Waals surface area contributed by atoms with E-state index in [0.29, 0.717) is 0 Å². The lowest BCUT2D eigenvalue weighted by molar-refractivity contribution is 1.23. The van der Waals surface area contributed by atoms with Crippen LogP contribution in [-0.4, -0.2) is 0 Å². The van der Waals surface area contributed by atoms with Crippen molar-refractivity contribution in [2.75, 3.05) is 0 Å². The quantitative estimate of drug-likeness (QED) is 0.386. The number of hydrogen-bond donors (Lipinski definition) is 0. The van der Waals surface area contributed by atoms with E-state index in [-0.39, 0.29) is 0 Å². The summed E-state index contributed by atoms with van der Waals surface area (Å²) in [5.74, 6) is 0. The lowest BCUT2D eigenvalue weighted by Crippen LogP contribution is -1.66. The summed E-state index contributed by atoms with van der Waals surface area (Å²) in [4.78, 5) is 0. The van der Waals surface area contributed by atoms with Crippen LogP contribution in [0.1, 0.15) is 111 Å². The van der Waals surface area contributed by atoms with Gasteiger partial charge in [-0.25, -0.2) is 0 Å². The standard InChI is InChI=1S/4C6H12/c4*1-5(2)6(3)4/h4*1-4H3. The maximum absolute atomic E-state index is 2.12. The van der Waals surface area contributed by atoms with Gasteiger partial charge in [-0.2, -0.15) is 0 Å².